The molecule has 2 aromatic carbocycles. The van der Waals surface area contributed by atoms with Gasteiger partial charge in [0.2, 0.25) is 0 Å². The minimum atomic E-state index is -1.16. The zero-order chi connectivity index (χ0) is 15.9. The molecule has 0 spiro atoms. The lowest BCUT2D eigenvalue weighted by Gasteiger charge is -2.07. The molecule has 0 fully saturated rings. The number of benzene rings is 2. The van der Waals surface area contributed by atoms with Gasteiger partial charge in [0.1, 0.15) is 17.2 Å². The van der Waals surface area contributed by atoms with Crippen LogP contribution in [0.2, 0.25) is 0 Å². The van der Waals surface area contributed by atoms with Gasteiger partial charge in [-0.2, -0.15) is 0 Å². The van der Waals surface area contributed by atoms with E-state index in [-0.39, 0.29) is 5.78 Å². The maximum atomic E-state index is 11.7. The molecule has 0 saturated heterocycles. The first-order chi connectivity index (χ1) is 10.6. The first-order valence-corrected chi connectivity index (χ1v) is 6.46. The topological polar surface area (TPSA) is 72.8 Å². The SMILES string of the molecule is COc1ccc(Oc2ccc(C(=O)/C=C/C(=O)O)cc2)cc1. The third kappa shape index (κ3) is 4.21. The minimum absolute atomic E-state index is 0.376. The second-order valence-electron chi connectivity index (χ2n) is 4.34. The minimum Gasteiger partial charge on any atom is -0.497 e. The maximum absolute atomic E-state index is 11.7. The number of carbonyl (C=O) groups excluding carboxylic acids is 1. The summed E-state index contributed by atoms with van der Waals surface area (Å²) in [6, 6.07) is 13.5. The first-order valence-electron chi connectivity index (χ1n) is 6.46. The lowest BCUT2D eigenvalue weighted by Crippen LogP contribution is -1.96. The van der Waals surface area contributed by atoms with E-state index in [4.69, 9.17) is 14.6 Å². The zero-order valence-electron chi connectivity index (χ0n) is 11.9. The number of ketones is 1. The molecule has 0 bridgehead atoms. The zero-order valence-corrected chi connectivity index (χ0v) is 11.9. The van der Waals surface area contributed by atoms with Crippen LogP contribution >= 0.6 is 0 Å². The molecule has 0 amide bonds. The van der Waals surface area contributed by atoms with E-state index in [9.17, 15) is 9.59 Å². The van der Waals surface area contributed by atoms with Gasteiger partial charge in [-0.1, -0.05) is 0 Å². The summed E-state index contributed by atoms with van der Waals surface area (Å²) in [5.74, 6) is 0.416. The van der Waals surface area contributed by atoms with E-state index in [1.165, 1.54) is 0 Å². The lowest BCUT2D eigenvalue weighted by molar-refractivity contribution is -0.131. The van der Waals surface area contributed by atoms with Crippen LogP contribution in [0.4, 0.5) is 0 Å². The summed E-state index contributed by atoms with van der Waals surface area (Å²) in [6.45, 7) is 0. The molecule has 0 aromatic heterocycles. The summed E-state index contributed by atoms with van der Waals surface area (Å²) in [5.41, 5.74) is 0.389. The predicted octanol–water partition coefficient (Wildman–Crippen LogP) is 3.31. The molecule has 0 saturated carbocycles. The maximum Gasteiger partial charge on any atom is 0.328 e. The van der Waals surface area contributed by atoms with Crippen molar-refractivity contribution in [3.8, 4) is 17.2 Å². The molecule has 0 aliphatic rings. The van der Waals surface area contributed by atoms with Gasteiger partial charge in [0.25, 0.3) is 0 Å². The molecule has 0 radical (unpaired) electrons. The van der Waals surface area contributed by atoms with Gasteiger partial charge in [-0.15, -0.1) is 0 Å². The number of ether oxygens (including phenoxy) is 2. The Morgan fingerprint density at radius 1 is 0.864 bits per heavy atom. The average molecular weight is 298 g/mol. The van der Waals surface area contributed by atoms with Crippen LogP contribution in [0.5, 0.6) is 17.2 Å². The van der Waals surface area contributed by atoms with E-state index in [0.29, 0.717) is 17.1 Å². The Labute approximate surface area is 127 Å². The smallest absolute Gasteiger partial charge is 0.328 e. The van der Waals surface area contributed by atoms with Crippen molar-refractivity contribution in [2.45, 2.75) is 0 Å². The molecule has 22 heavy (non-hydrogen) atoms. The molecule has 2 aromatic rings. The summed E-state index contributed by atoms with van der Waals surface area (Å²) in [4.78, 5) is 22.1. The highest BCUT2D eigenvalue weighted by Crippen LogP contribution is 2.24. The number of allylic oxidation sites excluding steroid dienone is 1. The molecule has 1 N–H and O–H groups in total. The predicted molar refractivity (Wildman–Crippen MR) is 80.6 cm³/mol. The molecule has 0 atom stereocenters. The van der Waals surface area contributed by atoms with E-state index in [0.717, 1.165) is 17.9 Å². The fourth-order valence-electron chi connectivity index (χ4n) is 1.71. The van der Waals surface area contributed by atoms with E-state index in [1.54, 1.807) is 55.6 Å². The van der Waals surface area contributed by atoms with Crippen LogP contribution in [0.25, 0.3) is 0 Å². The largest absolute Gasteiger partial charge is 0.497 e. The van der Waals surface area contributed by atoms with E-state index in [1.807, 2.05) is 0 Å². The van der Waals surface area contributed by atoms with Gasteiger partial charge in [0.15, 0.2) is 5.78 Å². The number of carboxylic acids is 1. The first kappa shape index (κ1) is 15.3. The Morgan fingerprint density at radius 3 is 1.86 bits per heavy atom. The van der Waals surface area contributed by atoms with Crippen molar-refractivity contribution < 1.29 is 24.2 Å². The Hall–Kier alpha value is -3.08. The average Bonchev–Trinajstić information content (AvgIpc) is 2.54. The van der Waals surface area contributed by atoms with Gasteiger partial charge >= 0.3 is 5.97 Å². The lowest BCUT2D eigenvalue weighted by atomic mass is 10.1. The molecular formula is C17H14O5. The molecular weight excluding hydrogens is 284 g/mol. The van der Waals surface area contributed by atoms with Crippen molar-refractivity contribution in [3.63, 3.8) is 0 Å². The molecule has 5 heteroatoms. The summed E-state index contributed by atoms with van der Waals surface area (Å²) in [5, 5.41) is 8.49. The second-order valence-corrected chi connectivity index (χ2v) is 4.34. The second kappa shape index (κ2) is 7.08. The molecule has 112 valence electrons. The number of carboxylic acid groups (broad SMARTS) is 1. The van der Waals surface area contributed by atoms with Crippen LogP contribution < -0.4 is 9.47 Å². The number of aliphatic carboxylic acids is 1. The van der Waals surface area contributed by atoms with Crippen LogP contribution in [-0.4, -0.2) is 24.0 Å². The van der Waals surface area contributed by atoms with Crippen LogP contribution in [0.15, 0.2) is 60.7 Å². The quantitative estimate of drug-likeness (QED) is 0.654. The molecule has 2 rings (SSSR count). The number of rotatable bonds is 6. The van der Waals surface area contributed by atoms with Gasteiger partial charge in [-0.3, -0.25) is 4.79 Å². The number of carbonyl (C=O) groups is 2. The third-order valence-electron chi connectivity index (χ3n) is 2.81. The van der Waals surface area contributed by atoms with E-state index >= 15 is 0 Å². The highest BCUT2D eigenvalue weighted by molar-refractivity contribution is 6.06. The standard InChI is InChI=1S/C17H14O5/c1-21-13-6-8-15(9-7-13)22-14-4-2-12(3-5-14)16(18)10-11-17(19)20/h2-11H,1H3,(H,19,20)/b11-10+. The Kier molecular flexibility index (Phi) is 4.93. The summed E-state index contributed by atoms with van der Waals surface area (Å²) >= 11 is 0. The van der Waals surface area contributed by atoms with Crippen molar-refractivity contribution >= 4 is 11.8 Å². The monoisotopic (exact) mass is 298 g/mol. The summed E-state index contributed by atoms with van der Waals surface area (Å²) in [6.07, 6.45) is 1.83. The molecule has 0 aliphatic carbocycles. The van der Waals surface area contributed by atoms with Crippen LogP contribution in [-0.2, 0) is 4.79 Å². The highest BCUT2D eigenvalue weighted by Gasteiger charge is 2.04. The molecule has 0 heterocycles. The fourth-order valence-corrected chi connectivity index (χ4v) is 1.71. The van der Waals surface area contributed by atoms with E-state index < -0.39 is 5.97 Å². The van der Waals surface area contributed by atoms with Crippen LogP contribution in [0.1, 0.15) is 10.4 Å². The third-order valence-corrected chi connectivity index (χ3v) is 2.81. The number of methoxy groups -OCH3 is 1. The van der Waals surface area contributed by atoms with E-state index in [2.05, 4.69) is 0 Å². The van der Waals surface area contributed by atoms with Gasteiger partial charge < -0.3 is 14.6 Å². The Morgan fingerprint density at radius 2 is 1.36 bits per heavy atom. The Bertz CT molecular complexity index is 684. The highest BCUT2D eigenvalue weighted by atomic mass is 16.5. The van der Waals surface area contributed by atoms with Crippen molar-refractivity contribution in [2.75, 3.05) is 7.11 Å². The van der Waals surface area contributed by atoms with Crippen LogP contribution in [0.3, 0.4) is 0 Å². The number of hydrogen-bond donors (Lipinski definition) is 1. The Balaban J connectivity index is 2.05. The van der Waals surface area contributed by atoms with Crippen molar-refractivity contribution in [2.24, 2.45) is 0 Å². The summed E-state index contributed by atoms with van der Waals surface area (Å²) < 4.78 is 10.7. The van der Waals surface area contributed by atoms with Crippen molar-refractivity contribution in [1.29, 1.82) is 0 Å². The molecule has 5 nitrogen and oxygen atoms in total. The van der Waals surface area contributed by atoms with Gasteiger partial charge in [0.05, 0.1) is 7.11 Å². The van der Waals surface area contributed by atoms with Gasteiger partial charge in [-0.05, 0) is 54.6 Å². The van der Waals surface area contributed by atoms with Crippen molar-refractivity contribution in [3.05, 3.63) is 66.2 Å². The van der Waals surface area contributed by atoms with Crippen molar-refractivity contribution in [1.82, 2.24) is 0 Å². The normalized spacial score (nSPS) is 10.4. The molecule has 0 unspecified atom stereocenters. The van der Waals surface area contributed by atoms with Crippen LogP contribution in [0, 0.1) is 0 Å². The number of hydrogen-bond acceptors (Lipinski definition) is 4. The van der Waals surface area contributed by atoms with Gasteiger partial charge in [0, 0.05) is 11.6 Å². The van der Waals surface area contributed by atoms with Gasteiger partial charge in [-0.25, -0.2) is 4.79 Å². The molecule has 0 aliphatic heterocycles. The fraction of sp³-hybridized carbons (Fsp3) is 0.0588. The summed E-state index contributed by atoms with van der Waals surface area (Å²) in [7, 11) is 1.59.